The number of rotatable bonds is 5. The zero-order valence-electron chi connectivity index (χ0n) is 20.3. The number of non-ortho nitro benzene ring substituents is 1. The SMILES string of the molecule is CC1CCN(c2ccc([N+](=O)[O-])cc2C(=O)N2CCC(C(=O)Nc3ccc4c(c3)OCO4)CC2)CC1. The lowest BCUT2D eigenvalue weighted by atomic mass is 9.94. The Balaban J connectivity index is 1.25. The van der Waals surface area contributed by atoms with Gasteiger partial charge in [-0.2, -0.15) is 0 Å². The van der Waals surface area contributed by atoms with Gasteiger partial charge in [0.2, 0.25) is 12.7 Å². The van der Waals surface area contributed by atoms with Crippen LogP contribution in [0.1, 0.15) is 43.0 Å². The van der Waals surface area contributed by atoms with Crippen LogP contribution in [0.2, 0.25) is 0 Å². The topological polar surface area (TPSA) is 114 Å². The lowest BCUT2D eigenvalue weighted by Gasteiger charge is -2.35. The highest BCUT2D eigenvalue weighted by atomic mass is 16.7. The van der Waals surface area contributed by atoms with Crippen LogP contribution in [-0.2, 0) is 4.79 Å². The molecular weight excluding hydrogens is 464 g/mol. The van der Waals surface area contributed by atoms with Crippen molar-refractivity contribution in [2.24, 2.45) is 11.8 Å². The number of amides is 2. The molecule has 2 aromatic carbocycles. The predicted molar refractivity (Wildman–Crippen MR) is 134 cm³/mol. The standard InChI is InChI=1S/C26H30N4O6/c1-17-6-10-28(11-7-17)22-4-3-20(30(33)34)15-21(22)26(32)29-12-8-18(9-13-29)25(31)27-19-2-5-23-24(14-19)36-16-35-23/h2-5,14-15,17-18H,6-13,16H2,1H3,(H,27,31). The summed E-state index contributed by atoms with van der Waals surface area (Å²) in [4.78, 5) is 41.2. The van der Waals surface area contributed by atoms with E-state index in [1.54, 1.807) is 29.2 Å². The van der Waals surface area contributed by atoms with Crippen molar-refractivity contribution in [1.82, 2.24) is 4.90 Å². The predicted octanol–water partition coefficient (Wildman–Crippen LogP) is 4.05. The van der Waals surface area contributed by atoms with Crippen LogP contribution >= 0.6 is 0 Å². The number of piperidine rings is 2. The molecule has 2 saturated heterocycles. The Morgan fingerprint density at radius 2 is 1.69 bits per heavy atom. The van der Waals surface area contributed by atoms with E-state index < -0.39 is 4.92 Å². The molecule has 36 heavy (non-hydrogen) atoms. The minimum atomic E-state index is -0.467. The number of likely N-dealkylation sites (tertiary alicyclic amines) is 1. The average molecular weight is 495 g/mol. The van der Waals surface area contributed by atoms with E-state index in [1.807, 2.05) is 0 Å². The van der Waals surface area contributed by atoms with Gasteiger partial charge in [0.1, 0.15) is 0 Å². The minimum Gasteiger partial charge on any atom is -0.454 e. The Labute approximate surface area is 209 Å². The highest BCUT2D eigenvalue weighted by molar-refractivity contribution is 6.01. The van der Waals surface area contributed by atoms with Crippen LogP contribution in [0.3, 0.4) is 0 Å². The van der Waals surface area contributed by atoms with Crippen molar-refractivity contribution in [2.75, 3.05) is 43.2 Å². The maximum atomic E-state index is 13.5. The number of carbonyl (C=O) groups is 2. The highest BCUT2D eigenvalue weighted by Crippen LogP contribution is 2.35. The van der Waals surface area contributed by atoms with Crippen molar-refractivity contribution < 1.29 is 24.0 Å². The Kier molecular flexibility index (Phi) is 6.67. The smallest absolute Gasteiger partial charge is 0.270 e. The summed E-state index contributed by atoms with van der Waals surface area (Å²) in [6, 6.07) is 9.84. The van der Waals surface area contributed by atoms with Crippen molar-refractivity contribution >= 4 is 28.9 Å². The third-order valence-electron chi connectivity index (χ3n) is 7.34. The van der Waals surface area contributed by atoms with E-state index in [4.69, 9.17) is 9.47 Å². The van der Waals surface area contributed by atoms with E-state index in [1.165, 1.54) is 12.1 Å². The number of nitrogens with zero attached hydrogens (tertiary/aromatic N) is 3. The molecule has 0 radical (unpaired) electrons. The zero-order chi connectivity index (χ0) is 25.2. The second-order valence-electron chi connectivity index (χ2n) is 9.75. The first-order valence-electron chi connectivity index (χ1n) is 12.4. The molecule has 0 aliphatic carbocycles. The van der Waals surface area contributed by atoms with Crippen LogP contribution in [0.5, 0.6) is 11.5 Å². The average Bonchev–Trinajstić information content (AvgIpc) is 3.36. The molecule has 10 nitrogen and oxygen atoms in total. The van der Waals surface area contributed by atoms with Crippen molar-refractivity contribution in [3.8, 4) is 11.5 Å². The lowest BCUT2D eigenvalue weighted by molar-refractivity contribution is -0.384. The number of nitro benzene ring substituents is 1. The van der Waals surface area contributed by atoms with Gasteiger partial charge in [0, 0.05) is 56.0 Å². The van der Waals surface area contributed by atoms with Gasteiger partial charge in [0.25, 0.3) is 11.6 Å². The fraction of sp³-hybridized carbons (Fsp3) is 0.462. The molecule has 2 fully saturated rings. The summed E-state index contributed by atoms with van der Waals surface area (Å²) < 4.78 is 10.7. The quantitative estimate of drug-likeness (QED) is 0.493. The van der Waals surface area contributed by atoms with Gasteiger partial charge in [-0.05, 0) is 49.8 Å². The molecule has 10 heteroatoms. The Morgan fingerprint density at radius 1 is 0.972 bits per heavy atom. The molecule has 3 aliphatic heterocycles. The molecule has 0 unspecified atom stereocenters. The molecular formula is C26H30N4O6. The van der Waals surface area contributed by atoms with Gasteiger partial charge in [0.15, 0.2) is 11.5 Å². The third-order valence-corrected chi connectivity index (χ3v) is 7.34. The molecule has 190 valence electrons. The Bertz CT molecular complexity index is 1170. The molecule has 2 aromatic rings. The van der Waals surface area contributed by atoms with E-state index in [0.717, 1.165) is 31.6 Å². The van der Waals surface area contributed by atoms with E-state index in [-0.39, 0.29) is 30.2 Å². The van der Waals surface area contributed by atoms with Gasteiger partial charge in [-0.3, -0.25) is 19.7 Å². The summed E-state index contributed by atoms with van der Waals surface area (Å²) in [7, 11) is 0. The van der Waals surface area contributed by atoms with E-state index in [2.05, 4.69) is 17.1 Å². The first-order chi connectivity index (χ1) is 17.4. The van der Waals surface area contributed by atoms with Crippen LogP contribution in [-0.4, -0.2) is 54.6 Å². The van der Waals surface area contributed by atoms with Crippen LogP contribution in [0, 0.1) is 22.0 Å². The van der Waals surface area contributed by atoms with Gasteiger partial charge in [0.05, 0.1) is 16.2 Å². The molecule has 5 rings (SSSR count). The fourth-order valence-electron chi connectivity index (χ4n) is 5.07. The number of ether oxygens (including phenoxy) is 2. The van der Waals surface area contributed by atoms with E-state index in [0.29, 0.717) is 54.6 Å². The van der Waals surface area contributed by atoms with Crippen LogP contribution in [0.4, 0.5) is 17.1 Å². The summed E-state index contributed by atoms with van der Waals surface area (Å²) in [5, 5.41) is 14.4. The number of nitro groups is 1. The number of nitrogens with one attached hydrogen (secondary N) is 1. The third kappa shape index (κ3) is 4.93. The van der Waals surface area contributed by atoms with Crippen molar-refractivity contribution in [3.63, 3.8) is 0 Å². The maximum absolute atomic E-state index is 13.5. The van der Waals surface area contributed by atoms with E-state index in [9.17, 15) is 19.7 Å². The maximum Gasteiger partial charge on any atom is 0.270 e. The second kappa shape index (κ2) is 10.0. The normalized spacial score (nSPS) is 18.2. The molecule has 3 heterocycles. The molecule has 0 atom stereocenters. The molecule has 0 saturated carbocycles. The van der Waals surface area contributed by atoms with Crippen molar-refractivity contribution in [2.45, 2.75) is 32.6 Å². The van der Waals surface area contributed by atoms with Crippen LogP contribution in [0.15, 0.2) is 36.4 Å². The van der Waals surface area contributed by atoms with Crippen molar-refractivity contribution in [3.05, 3.63) is 52.1 Å². The summed E-state index contributed by atoms with van der Waals surface area (Å²) in [5.74, 6) is 1.33. The lowest BCUT2D eigenvalue weighted by Crippen LogP contribution is -2.42. The number of fused-ring (bicyclic) bond motifs is 1. The number of benzene rings is 2. The largest absolute Gasteiger partial charge is 0.454 e. The molecule has 0 aromatic heterocycles. The number of carbonyl (C=O) groups excluding carboxylic acids is 2. The summed E-state index contributed by atoms with van der Waals surface area (Å²) >= 11 is 0. The molecule has 1 N–H and O–H groups in total. The monoisotopic (exact) mass is 494 g/mol. The van der Waals surface area contributed by atoms with Crippen LogP contribution in [0.25, 0.3) is 0 Å². The fourth-order valence-corrected chi connectivity index (χ4v) is 5.07. The zero-order valence-corrected chi connectivity index (χ0v) is 20.3. The first-order valence-corrected chi connectivity index (χ1v) is 12.4. The summed E-state index contributed by atoms with van der Waals surface area (Å²) in [5.41, 5.74) is 1.66. The van der Waals surface area contributed by atoms with E-state index >= 15 is 0 Å². The Morgan fingerprint density at radius 3 is 2.42 bits per heavy atom. The van der Waals surface area contributed by atoms with Gasteiger partial charge in [-0.15, -0.1) is 0 Å². The molecule has 3 aliphatic rings. The van der Waals surface area contributed by atoms with Crippen LogP contribution < -0.4 is 19.7 Å². The Hall–Kier alpha value is -3.82. The summed E-state index contributed by atoms with van der Waals surface area (Å²) in [6.07, 6.45) is 3.09. The molecule has 0 bridgehead atoms. The number of hydrogen-bond donors (Lipinski definition) is 1. The van der Waals surface area contributed by atoms with Gasteiger partial charge in [-0.25, -0.2) is 0 Å². The number of hydrogen-bond acceptors (Lipinski definition) is 7. The van der Waals surface area contributed by atoms with Gasteiger partial charge >= 0.3 is 0 Å². The molecule has 2 amide bonds. The number of anilines is 2. The summed E-state index contributed by atoms with van der Waals surface area (Å²) in [6.45, 7) is 4.85. The second-order valence-corrected chi connectivity index (χ2v) is 9.75. The first kappa shape index (κ1) is 23.9. The van der Waals surface area contributed by atoms with Gasteiger partial charge in [-0.1, -0.05) is 6.92 Å². The molecule has 0 spiro atoms. The van der Waals surface area contributed by atoms with Crippen molar-refractivity contribution in [1.29, 1.82) is 0 Å². The highest BCUT2D eigenvalue weighted by Gasteiger charge is 2.31. The van der Waals surface area contributed by atoms with Gasteiger partial charge < -0.3 is 24.6 Å². The minimum absolute atomic E-state index is 0.0922.